The van der Waals surface area contributed by atoms with Crippen LogP contribution in [0.15, 0.2) is 36.7 Å². The molecule has 28 heavy (non-hydrogen) atoms. The molecule has 1 rings (SSSR count). The SMILES string of the molecule is C=C(C)C(=O)OCCOC(=O)c1cc[n+](OCCOC(=O)C(C)(C)CC)cc1. The number of aromatic nitrogens is 1. The molecule has 0 aliphatic heterocycles. The van der Waals surface area contributed by atoms with Crippen molar-refractivity contribution in [2.45, 2.75) is 34.1 Å². The summed E-state index contributed by atoms with van der Waals surface area (Å²) >= 11 is 0. The summed E-state index contributed by atoms with van der Waals surface area (Å²) < 4.78 is 16.4. The predicted octanol–water partition coefficient (Wildman–Crippen LogP) is 1.66. The van der Waals surface area contributed by atoms with Gasteiger partial charge in [-0.25, -0.2) is 9.59 Å². The van der Waals surface area contributed by atoms with Crippen LogP contribution in [0.2, 0.25) is 0 Å². The van der Waals surface area contributed by atoms with Crippen LogP contribution in [-0.4, -0.2) is 44.3 Å². The lowest BCUT2D eigenvalue weighted by atomic mass is 9.91. The number of ether oxygens (including phenoxy) is 3. The monoisotopic (exact) mass is 394 g/mol. The minimum atomic E-state index is -0.547. The van der Waals surface area contributed by atoms with Gasteiger partial charge in [-0.3, -0.25) is 9.63 Å². The normalized spacial score (nSPS) is 10.7. The number of hydrogen-bond acceptors (Lipinski definition) is 7. The zero-order chi connectivity index (χ0) is 21.2. The smallest absolute Gasteiger partial charge is 0.338 e. The fourth-order valence-corrected chi connectivity index (χ4v) is 1.73. The van der Waals surface area contributed by atoms with E-state index in [1.54, 1.807) is 0 Å². The van der Waals surface area contributed by atoms with Crippen LogP contribution < -0.4 is 9.57 Å². The van der Waals surface area contributed by atoms with Gasteiger partial charge in [-0.15, -0.1) is 0 Å². The Balaban J connectivity index is 2.33. The van der Waals surface area contributed by atoms with E-state index in [0.717, 1.165) is 0 Å². The van der Waals surface area contributed by atoms with Crippen molar-refractivity contribution in [3.8, 4) is 0 Å². The van der Waals surface area contributed by atoms with Gasteiger partial charge in [-0.1, -0.05) is 13.5 Å². The zero-order valence-corrected chi connectivity index (χ0v) is 16.9. The van der Waals surface area contributed by atoms with E-state index >= 15 is 0 Å². The summed E-state index contributed by atoms with van der Waals surface area (Å²) in [6.45, 7) is 10.8. The number of carbonyl (C=O) groups excluding carboxylic acids is 3. The maximum Gasteiger partial charge on any atom is 0.338 e. The van der Waals surface area contributed by atoms with E-state index in [9.17, 15) is 14.4 Å². The van der Waals surface area contributed by atoms with Gasteiger partial charge >= 0.3 is 17.9 Å². The topological polar surface area (TPSA) is 92.0 Å². The van der Waals surface area contributed by atoms with Crippen LogP contribution in [0.25, 0.3) is 0 Å². The molecule has 0 spiro atoms. The Kier molecular flexibility index (Phi) is 9.14. The number of pyridine rings is 1. The van der Waals surface area contributed by atoms with Gasteiger partial charge in [0.2, 0.25) is 12.4 Å². The second-order valence-corrected chi connectivity index (χ2v) is 6.71. The van der Waals surface area contributed by atoms with Gasteiger partial charge in [0, 0.05) is 22.4 Å². The van der Waals surface area contributed by atoms with E-state index in [0.29, 0.717) is 12.0 Å². The molecular formula is C20H28NO7+. The second-order valence-electron chi connectivity index (χ2n) is 6.71. The third-order valence-corrected chi connectivity index (χ3v) is 3.93. The summed E-state index contributed by atoms with van der Waals surface area (Å²) in [7, 11) is 0. The molecule has 0 bridgehead atoms. The fourth-order valence-electron chi connectivity index (χ4n) is 1.73. The van der Waals surface area contributed by atoms with Gasteiger partial charge in [0.05, 0.1) is 11.0 Å². The maximum absolute atomic E-state index is 11.9. The Hall–Kier alpha value is -2.90. The summed E-state index contributed by atoms with van der Waals surface area (Å²) in [5, 5.41) is 0. The molecule has 0 aliphatic rings. The average molecular weight is 394 g/mol. The Morgan fingerprint density at radius 1 is 1.00 bits per heavy atom. The summed E-state index contributed by atoms with van der Waals surface area (Å²) in [4.78, 5) is 40.3. The van der Waals surface area contributed by atoms with Gasteiger partial charge in [0.25, 0.3) is 0 Å². The lowest BCUT2D eigenvalue weighted by Gasteiger charge is -2.19. The van der Waals surface area contributed by atoms with Gasteiger partial charge in [-0.2, -0.15) is 0 Å². The van der Waals surface area contributed by atoms with Crippen molar-refractivity contribution in [2.75, 3.05) is 26.4 Å². The first-order chi connectivity index (χ1) is 13.2. The number of carbonyl (C=O) groups is 3. The van der Waals surface area contributed by atoms with Crippen molar-refractivity contribution < 1.29 is 38.2 Å². The summed E-state index contributed by atoms with van der Waals surface area (Å²) in [5.41, 5.74) is 0.0860. The van der Waals surface area contributed by atoms with Crippen molar-refractivity contribution in [1.29, 1.82) is 0 Å². The van der Waals surface area contributed by atoms with Gasteiger partial charge in [-0.05, 0) is 27.2 Å². The molecule has 0 aromatic carbocycles. The van der Waals surface area contributed by atoms with Crippen molar-refractivity contribution in [3.05, 3.63) is 42.2 Å². The lowest BCUT2D eigenvalue weighted by Crippen LogP contribution is -2.43. The zero-order valence-electron chi connectivity index (χ0n) is 16.9. The Bertz CT molecular complexity index is 695. The number of hydrogen-bond donors (Lipinski definition) is 0. The molecule has 0 N–H and O–H groups in total. The van der Waals surface area contributed by atoms with Crippen LogP contribution in [0.3, 0.4) is 0 Å². The first kappa shape index (κ1) is 23.1. The van der Waals surface area contributed by atoms with Gasteiger partial charge in [0.1, 0.15) is 19.8 Å². The van der Waals surface area contributed by atoms with Crippen LogP contribution in [0.1, 0.15) is 44.5 Å². The minimum absolute atomic E-state index is 0.0407. The molecule has 0 fully saturated rings. The fraction of sp³-hybridized carbons (Fsp3) is 0.500. The molecule has 1 aromatic rings. The molecule has 0 aliphatic carbocycles. The first-order valence-electron chi connectivity index (χ1n) is 8.99. The first-order valence-corrected chi connectivity index (χ1v) is 8.99. The average Bonchev–Trinajstić information content (AvgIpc) is 2.68. The Morgan fingerprint density at radius 3 is 2.14 bits per heavy atom. The van der Waals surface area contributed by atoms with E-state index in [1.165, 1.54) is 36.2 Å². The highest BCUT2D eigenvalue weighted by Crippen LogP contribution is 2.21. The predicted molar refractivity (Wildman–Crippen MR) is 99.2 cm³/mol. The standard InChI is InChI=1S/C20H28NO7/c1-6-20(4,5)19(24)27-13-14-28-21-9-7-16(8-10-21)18(23)26-12-11-25-17(22)15(2)3/h7-10H,2,6,11-14H2,1,3-5H3/q+1. The summed E-state index contributed by atoms with van der Waals surface area (Å²) in [6.07, 6.45) is 3.76. The Morgan fingerprint density at radius 2 is 1.57 bits per heavy atom. The van der Waals surface area contributed by atoms with Crippen molar-refractivity contribution in [3.63, 3.8) is 0 Å². The highest BCUT2D eigenvalue weighted by Gasteiger charge is 2.27. The van der Waals surface area contributed by atoms with Crippen LogP contribution in [0.4, 0.5) is 0 Å². The molecular weight excluding hydrogens is 366 g/mol. The third kappa shape index (κ3) is 7.77. The molecule has 1 aromatic heterocycles. The second kappa shape index (κ2) is 11.1. The van der Waals surface area contributed by atoms with E-state index in [2.05, 4.69) is 6.58 Å². The lowest BCUT2D eigenvalue weighted by molar-refractivity contribution is -0.891. The highest BCUT2D eigenvalue weighted by molar-refractivity contribution is 5.89. The number of rotatable bonds is 11. The summed E-state index contributed by atoms with van der Waals surface area (Å²) in [6, 6.07) is 3.04. The quantitative estimate of drug-likeness (QED) is 0.185. The molecule has 8 heteroatoms. The highest BCUT2D eigenvalue weighted by atomic mass is 16.7. The largest absolute Gasteiger partial charge is 0.461 e. The van der Waals surface area contributed by atoms with Crippen molar-refractivity contribution in [1.82, 2.24) is 0 Å². The van der Waals surface area contributed by atoms with Gasteiger partial charge < -0.3 is 14.2 Å². The summed E-state index contributed by atoms with van der Waals surface area (Å²) in [5.74, 6) is -1.34. The molecule has 8 nitrogen and oxygen atoms in total. The minimum Gasteiger partial charge on any atom is -0.461 e. The molecule has 1 heterocycles. The van der Waals surface area contributed by atoms with E-state index in [-0.39, 0.29) is 38.0 Å². The molecule has 0 saturated heterocycles. The van der Waals surface area contributed by atoms with E-state index < -0.39 is 17.4 Å². The maximum atomic E-state index is 11.9. The molecule has 0 saturated carbocycles. The Labute approximate surface area is 165 Å². The van der Waals surface area contributed by atoms with Gasteiger partial charge in [0.15, 0.2) is 6.61 Å². The molecule has 154 valence electrons. The van der Waals surface area contributed by atoms with Crippen molar-refractivity contribution >= 4 is 17.9 Å². The van der Waals surface area contributed by atoms with E-state index in [1.807, 2.05) is 20.8 Å². The molecule has 0 radical (unpaired) electrons. The molecule has 0 unspecified atom stereocenters. The van der Waals surface area contributed by atoms with Crippen LogP contribution >= 0.6 is 0 Å². The molecule has 0 amide bonds. The van der Waals surface area contributed by atoms with Crippen LogP contribution in [-0.2, 0) is 23.8 Å². The van der Waals surface area contributed by atoms with Crippen LogP contribution in [0.5, 0.6) is 0 Å². The van der Waals surface area contributed by atoms with E-state index in [4.69, 9.17) is 19.0 Å². The van der Waals surface area contributed by atoms with Crippen LogP contribution in [0, 0.1) is 5.41 Å². The molecule has 0 atom stereocenters. The number of nitrogens with zero attached hydrogens (tertiary/aromatic N) is 1. The third-order valence-electron chi connectivity index (χ3n) is 3.93. The van der Waals surface area contributed by atoms with Crippen molar-refractivity contribution in [2.24, 2.45) is 5.41 Å². The number of esters is 3.